The minimum Gasteiger partial charge on any atom is -0.351 e. The first-order valence-corrected chi connectivity index (χ1v) is 8.63. The molecule has 0 unspecified atom stereocenters. The number of hydrogen-bond donors (Lipinski definition) is 2. The van der Waals surface area contributed by atoms with Gasteiger partial charge in [-0.15, -0.1) is 0 Å². The van der Waals surface area contributed by atoms with Crippen molar-refractivity contribution in [2.75, 3.05) is 10.5 Å². The largest absolute Gasteiger partial charge is 0.351 e. The number of sulfonamides is 1. The van der Waals surface area contributed by atoms with E-state index >= 15 is 0 Å². The molecule has 0 aliphatic rings. The predicted molar refractivity (Wildman–Crippen MR) is 83.4 cm³/mol. The highest BCUT2D eigenvalue weighted by Gasteiger charge is 2.13. The molecule has 0 bridgehead atoms. The number of rotatable bonds is 5. The molecular formula is C13H16BrN3O2S. The number of hydrogen-bond acceptors (Lipinski definition) is 3. The number of aromatic nitrogens is 2. The fourth-order valence-electron chi connectivity index (χ4n) is 1.85. The van der Waals surface area contributed by atoms with Gasteiger partial charge in [0.15, 0.2) is 0 Å². The zero-order chi connectivity index (χ0) is 14.8. The Bertz CT molecular complexity index is 697. The molecule has 0 amide bonds. The first-order chi connectivity index (χ1) is 9.41. The molecule has 2 N–H and O–H groups in total. The highest BCUT2D eigenvalue weighted by atomic mass is 79.9. The average molecular weight is 358 g/mol. The van der Waals surface area contributed by atoms with Crippen molar-refractivity contribution in [3.8, 4) is 0 Å². The van der Waals surface area contributed by atoms with Crippen LogP contribution in [0.2, 0.25) is 0 Å². The van der Waals surface area contributed by atoms with Gasteiger partial charge < -0.3 is 4.98 Å². The Balaban J connectivity index is 2.37. The molecule has 2 aromatic rings. The zero-order valence-electron chi connectivity index (χ0n) is 11.3. The van der Waals surface area contributed by atoms with Gasteiger partial charge in [-0.1, -0.05) is 15.9 Å². The molecule has 0 fully saturated rings. The van der Waals surface area contributed by atoms with E-state index in [9.17, 15) is 8.42 Å². The van der Waals surface area contributed by atoms with E-state index in [0.29, 0.717) is 12.1 Å². The van der Waals surface area contributed by atoms with Crippen LogP contribution in [0.15, 0.2) is 29.1 Å². The second kappa shape index (κ2) is 5.97. The third-order valence-electron chi connectivity index (χ3n) is 3.05. The van der Waals surface area contributed by atoms with Gasteiger partial charge in [-0.05, 0) is 37.1 Å². The quantitative estimate of drug-likeness (QED) is 0.863. The van der Waals surface area contributed by atoms with Crippen LogP contribution < -0.4 is 4.72 Å². The number of anilines is 1. The summed E-state index contributed by atoms with van der Waals surface area (Å²) in [5.74, 6) is 0.0493. The lowest BCUT2D eigenvalue weighted by Crippen LogP contribution is -2.16. The first-order valence-electron chi connectivity index (χ1n) is 6.18. The molecule has 7 heteroatoms. The molecule has 20 heavy (non-hydrogen) atoms. The Morgan fingerprint density at radius 3 is 2.75 bits per heavy atom. The summed E-state index contributed by atoms with van der Waals surface area (Å²) in [5, 5.41) is 0. The number of aromatic amines is 1. The maximum Gasteiger partial charge on any atom is 0.232 e. The van der Waals surface area contributed by atoms with E-state index in [1.165, 1.54) is 0 Å². The lowest BCUT2D eigenvalue weighted by molar-refractivity contribution is 0.602. The molecule has 108 valence electrons. The molecule has 2 rings (SSSR count). The molecule has 0 aliphatic carbocycles. The maximum atomic E-state index is 11.7. The SMILES string of the molecule is CCS(=O)(=O)Nc1cc(Br)cc(Cc2c[nH]cn2)c1C. The van der Waals surface area contributed by atoms with E-state index < -0.39 is 10.0 Å². The highest BCUT2D eigenvalue weighted by Crippen LogP contribution is 2.27. The summed E-state index contributed by atoms with van der Waals surface area (Å²) < 4.78 is 26.9. The highest BCUT2D eigenvalue weighted by molar-refractivity contribution is 9.10. The Hall–Kier alpha value is -1.34. The lowest BCUT2D eigenvalue weighted by Gasteiger charge is -2.13. The van der Waals surface area contributed by atoms with Crippen LogP contribution in [0.4, 0.5) is 5.69 Å². The minimum absolute atomic E-state index is 0.0493. The minimum atomic E-state index is -3.28. The van der Waals surface area contributed by atoms with Gasteiger partial charge in [0.05, 0.1) is 23.5 Å². The average Bonchev–Trinajstić information content (AvgIpc) is 2.87. The van der Waals surface area contributed by atoms with Gasteiger partial charge in [-0.25, -0.2) is 13.4 Å². The summed E-state index contributed by atoms with van der Waals surface area (Å²) >= 11 is 3.42. The van der Waals surface area contributed by atoms with E-state index in [2.05, 4.69) is 30.6 Å². The summed E-state index contributed by atoms with van der Waals surface area (Å²) in [5.41, 5.74) is 3.45. The third kappa shape index (κ3) is 3.61. The second-order valence-corrected chi connectivity index (χ2v) is 7.41. The Morgan fingerprint density at radius 1 is 1.40 bits per heavy atom. The number of imidazole rings is 1. The summed E-state index contributed by atoms with van der Waals surface area (Å²) in [6.07, 6.45) is 4.11. The van der Waals surface area contributed by atoms with E-state index in [4.69, 9.17) is 0 Å². The number of halogens is 1. The number of benzene rings is 1. The van der Waals surface area contributed by atoms with Crippen molar-refractivity contribution in [2.24, 2.45) is 0 Å². The smallest absolute Gasteiger partial charge is 0.232 e. The molecule has 1 heterocycles. The first kappa shape index (κ1) is 15.1. The molecule has 0 saturated heterocycles. The molecular weight excluding hydrogens is 342 g/mol. The van der Waals surface area contributed by atoms with Crippen LogP contribution in [-0.2, 0) is 16.4 Å². The number of nitrogens with zero attached hydrogens (tertiary/aromatic N) is 1. The van der Waals surface area contributed by atoms with Crippen LogP contribution in [-0.4, -0.2) is 24.1 Å². The number of H-pyrrole nitrogens is 1. The fraction of sp³-hybridized carbons (Fsp3) is 0.308. The molecule has 0 atom stereocenters. The summed E-state index contributed by atoms with van der Waals surface area (Å²) in [6, 6.07) is 3.75. The zero-order valence-corrected chi connectivity index (χ0v) is 13.7. The number of nitrogens with one attached hydrogen (secondary N) is 2. The van der Waals surface area contributed by atoms with E-state index in [1.807, 2.05) is 19.2 Å². The predicted octanol–water partition coefficient (Wildman–Crippen LogP) is 2.83. The maximum absolute atomic E-state index is 11.7. The molecule has 0 radical (unpaired) electrons. The summed E-state index contributed by atoms with van der Waals surface area (Å²) in [4.78, 5) is 7.10. The fourth-order valence-corrected chi connectivity index (χ4v) is 3.04. The Kier molecular flexibility index (Phi) is 4.49. The van der Waals surface area contributed by atoms with Crippen molar-refractivity contribution in [1.29, 1.82) is 0 Å². The van der Waals surface area contributed by atoms with Crippen molar-refractivity contribution in [2.45, 2.75) is 20.3 Å². The third-order valence-corrected chi connectivity index (χ3v) is 4.80. The topological polar surface area (TPSA) is 74.8 Å². The van der Waals surface area contributed by atoms with Gasteiger partial charge in [-0.3, -0.25) is 4.72 Å². The molecule has 0 saturated carbocycles. The van der Waals surface area contributed by atoms with Crippen LogP contribution in [0, 0.1) is 6.92 Å². The van der Waals surface area contributed by atoms with Crippen molar-refractivity contribution >= 4 is 31.6 Å². The van der Waals surface area contributed by atoms with Crippen molar-refractivity contribution < 1.29 is 8.42 Å². The van der Waals surface area contributed by atoms with Crippen molar-refractivity contribution in [3.63, 3.8) is 0 Å². The second-order valence-electron chi connectivity index (χ2n) is 4.48. The van der Waals surface area contributed by atoms with Gasteiger partial charge in [-0.2, -0.15) is 0 Å². The van der Waals surface area contributed by atoms with Gasteiger partial charge in [0.25, 0.3) is 0 Å². The summed E-state index contributed by atoms with van der Waals surface area (Å²) in [6.45, 7) is 3.52. The van der Waals surface area contributed by atoms with E-state index in [-0.39, 0.29) is 5.75 Å². The molecule has 1 aromatic heterocycles. The van der Waals surface area contributed by atoms with E-state index in [1.54, 1.807) is 19.3 Å². The normalized spacial score (nSPS) is 11.6. The van der Waals surface area contributed by atoms with Crippen LogP contribution in [0.1, 0.15) is 23.7 Å². The monoisotopic (exact) mass is 357 g/mol. The van der Waals surface area contributed by atoms with Gasteiger partial charge >= 0.3 is 0 Å². The van der Waals surface area contributed by atoms with Crippen LogP contribution in [0.5, 0.6) is 0 Å². The van der Waals surface area contributed by atoms with Crippen LogP contribution >= 0.6 is 15.9 Å². The van der Waals surface area contributed by atoms with Crippen molar-refractivity contribution in [3.05, 3.63) is 46.0 Å². The lowest BCUT2D eigenvalue weighted by atomic mass is 10.0. The standard InChI is InChI=1S/C13H16BrN3O2S/c1-3-20(18,19)17-13-6-11(14)4-10(9(13)2)5-12-7-15-8-16-12/h4,6-8,17H,3,5H2,1-2H3,(H,15,16). The molecule has 0 spiro atoms. The van der Waals surface area contributed by atoms with E-state index in [0.717, 1.165) is 21.3 Å². The van der Waals surface area contributed by atoms with Gasteiger partial charge in [0, 0.05) is 17.1 Å². The molecule has 5 nitrogen and oxygen atoms in total. The van der Waals surface area contributed by atoms with Gasteiger partial charge in [0.1, 0.15) is 0 Å². The van der Waals surface area contributed by atoms with Crippen molar-refractivity contribution in [1.82, 2.24) is 9.97 Å². The van der Waals surface area contributed by atoms with Gasteiger partial charge in [0.2, 0.25) is 10.0 Å². The summed E-state index contributed by atoms with van der Waals surface area (Å²) in [7, 11) is -3.28. The molecule has 1 aromatic carbocycles. The van der Waals surface area contributed by atoms with Crippen LogP contribution in [0.3, 0.4) is 0 Å². The van der Waals surface area contributed by atoms with Crippen LogP contribution in [0.25, 0.3) is 0 Å². The molecule has 0 aliphatic heterocycles. The Morgan fingerprint density at radius 2 is 2.15 bits per heavy atom. The Labute approximate surface area is 127 Å².